The lowest BCUT2D eigenvalue weighted by Gasteiger charge is -2.20. The second-order valence-electron chi connectivity index (χ2n) is 5.90. The van der Waals surface area contributed by atoms with Gasteiger partial charge in [0.2, 0.25) is 0 Å². The maximum absolute atomic E-state index is 13.9. The van der Waals surface area contributed by atoms with Crippen molar-refractivity contribution in [3.05, 3.63) is 59.2 Å². The molecule has 1 nitrogen and oxygen atoms in total. The smallest absolute Gasteiger partial charge is 0.198 e. The molecular formula is C17H17BrF2O. The van der Waals surface area contributed by atoms with Crippen molar-refractivity contribution in [2.45, 2.75) is 31.5 Å². The van der Waals surface area contributed by atoms with Gasteiger partial charge in [0.1, 0.15) is 5.75 Å². The van der Waals surface area contributed by atoms with E-state index in [9.17, 15) is 8.78 Å². The highest BCUT2D eigenvalue weighted by atomic mass is 79.9. The van der Waals surface area contributed by atoms with Gasteiger partial charge in [0, 0.05) is 5.33 Å². The second-order valence-corrected chi connectivity index (χ2v) is 6.46. The van der Waals surface area contributed by atoms with Crippen LogP contribution in [0.15, 0.2) is 36.4 Å². The standard InChI is InChI=1S/C17H17BrF2O/c1-17(2,3)12-5-4-6-13(9-12)21-16-14(19)7-11(10-18)8-15(16)20/h4-9H,10H2,1-3H3. The summed E-state index contributed by atoms with van der Waals surface area (Å²) in [5.74, 6) is -1.35. The van der Waals surface area contributed by atoms with Crippen LogP contribution in [0.3, 0.4) is 0 Å². The molecule has 0 radical (unpaired) electrons. The van der Waals surface area contributed by atoms with E-state index < -0.39 is 11.6 Å². The third-order valence-corrected chi connectivity index (χ3v) is 3.78. The number of alkyl halides is 1. The van der Waals surface area contributed by atoms with Crippen molar-refractivity contribution in [1.29, 1.82) is 0 Å². The average Bonchev–Trinajstić information content (AvgIpc) is 2.42. The number of hydrogen-bond donors (Lipinski definition) is 0. The average molecular weight is 355 g/mol. The van der Waals surface area contributed by atoms with E-state index in [0.29, 0.717) is 16.6 Å². The highest BCUT2D eigenvalue weighted by Gasteiger charge is 2.16. The fraction of sp³-hybridized carbons (Fsp3) is 0.294. The highest BCUT2D eigenvalue weighted by molar-refractivity contribution is 9.08. The van der Waals surface area contributed by atoms with Gasteiger partial charge in [-0.3, -0.25) is 0 Å². The Hall–Kier alpha value is -1.42. The molecule has 0 aliphatic heterocycles. The van der Waals surface area contributed by atoms with Gasteiger partial charge in [0.05, 0.1) is 0 Å². The number of rotatable bonds is 3. The van der Waals surface area contributed by atoms with E-state index in [1.54, 1.807) is 12.1 Å². The molecule has 0 unspecified atom stereocenters. The van der Waals surface area contributed by atoms with E-state index in [-0.39, 0.29) is 11.2 Å². The lowest BCUT2D eigenvalue weighted by atomic mass is 9.87. The second kappa shape index (κ2) is 6.14. The SMILES string of the molecule is CC(C)(C)c1cccc(Oc2c(F)cc(CBr)cc2F)c1. The topological polar surface area (TPSA) is 9.23 Å². The number of benzene rings is 2. The summed E-state index contributed by atoms with van der Waals surface area (Å²) in [5.41, 5.74) is 1.51. The first-order valence-electron chi connectivity index (χ1n) is 6.63. The molecule has 2 aromatic rings. The Morgan fingerprint density at radius 2 is 1.67 bits per heavy atom. The molecular weight excluding hydrogens is 338 g/mol. The molecule has 0 fully saturated rings. The molecule has 112 valence electrons. The highest BCUT2D eigenvalue weighted by Crippen LogP contribution is 2.32. The van der Waals surface area contributed by atoms with E-state index in [1.165, 1.54) is 12.1 Å². The van der Waals surface area contributed by atoms with Crippen LogP contribution in [-0.4, -0.2) is 0 Å². The van der Waals surface area contributed by atoms with Crippen molar-refractivity contribution < 1.29 is 13.5 Å². The van der Waals surface area contributed by atoms with Crippen LogP contribution in [0, 0.1) is 11.6 Å². The van der Waals surface area contributed by atoms with Crippen LogP contribution in [0.25, 0.3) is 0 Å². The van der Waals surface area contributed by atoms with E-state index >= 15 is 0 Å². The van der Waals surface area contributed by atoms with Gasteiger partial charge in [-0.25, -0.2) is 8.78 Å². The molecule has 0 aromatic heterocycles. The zero-order valence-corrected chi connectivity index (χ0v) is 13.8. The van der Waals surface area contributed by atoms with Crippen LogP contribution < -0.4 is 4.74 Å². The van der Waals surface area contributed by atoms with Crippen LogP contribution in [0.4, 0.5) is 8.78 Å². The molecule has 21 heavy (non-hydrogen) atoms. The quantitative estimate of drug-likeness (QED) is 0.618. The molecule has 0 amide bonds. The maximum atomic E-state index is 13.9. The van der Waals surface area contributed by atoms with Crippen molar-refractivity contribution in [2.75, 3.05) is 0 Å². The van der Waals surface area contributed by atoms with Gasteiger partial charge in [0.25, 0.3) is 0 Å². The van der Waals surface area contributed by atoms with Gasteiger partial charge in [0.15, 0.2) is 17.4 Å². The molecule has 0 saturated heterocycles. The fourth-order valence-electron chi connectivity index (χ4n) is 1.93. The van der Waals surface area contributed by atoms with Gasteiger partial charge in [-0.2, -0.15) is 0 Å². The summed E-state index contributed by atoms with van der Waals surface area (Å²) in [6, 6.07) is 9.80. The van der Waals surface area contributed by atoms with E-state index in [2.05, 4.69) is 36.7 Å². The molecule has 0 atom stereocenters. The molecule has 0 aliphatic rings. The predicted molar refractivity (Wildman–Crippen MR) is 84.2 cm³/mol. The Labute approximate surface area is 132 Å². The molecule has 4 heteroatoms. The van der Waals surface area contributed by atoms with Crippen molar-refractivity contribution in [2.24, 2.45) is 0 Å². The Morgan fingerprint density at radius 1 is 1.05 bits per heavy atom. The largest absolute Gasteiger partial charge is 0.451 e. The summed E-state index contributed by atoms with van der Waals surface area (Å²) in [4.78, 5) is 0. The van der Waals surface area contributed by atoms with Crippen LogP contribution in [0.2, 0.25) is 0 Å². The lowest BCUT2D eigenvalue weighted by molar-refractivity contribution is 0.405. The van der Waals surface area contributed by atoms with Gasteiger partial charge in [-0.05, 0) is 40.8 Å². The number of halogens is 3. The summed E-state index contributed by atoms with van der Waals surface area (Å²) in [6.45, 7) is 6.20. The minimum absolute atomic E-state index is 0.0592. The summed E-state index contributed by atoms with van der Waals surface area (Å²) in [5, 5.41) is 0.390. The third-order valence-electron chi connectivity index (χ3n) is 3.13. The Kier molecular flexibility index (Phi) is 4.67. The zero-order valence-electron chi connectivity index (χ0n) is 12.2. The first kappa shape index (κ1) is 16.0. The van der Waals surface area contributed by atoms with Crippen LogP contribution >= 0.6 is 15.9 Å². The van der Waals surface area contributed by atoms with Gasteiger partial charge >= 0.3 is 0 Å². The summed E-state index contributed by atoms with van der Waals surface area (Å²) in [6.07, 6.45) is 0. The summed E-state index contributed by atoms with van der Waals surface area (Å²) < 4.78 is 33.3. The Morgan fingerprint density at radius 3 is 2.19 bits per heavy atom. The minimum atomic E-state index is -0.703. The van der Waals surface area contributed by atoms with Crippen molar-refractivity contribution in [1.82, 2.24) is 0 Å². The monoisotopic (exact) mass is 354 g/mol. The molecule has 0 spiro atoms. The fourth-order valence-corrected chi connectivity index (χ4v) is 2.25. The van der Waals surface area contributed by atoms with Crippen LogP contribution in [0.5, 0.6) is 11.5 Å². The molecule has 0 heterocycles. The Balaban J connectivity index is 2.35. The lowest BCUT2D eigenvalue weighted by Crippen LogP contribution is -2.10. The number of hydrogen-bond acceptors (Lipinski definition) is 1. The van der Waals surface area contributed by atoms with E-state index in [1.807, 2.05) is 12.1 Å². The first-order valence-corrected chi connectivity index (χ1v) is 7.75. The normalized spacial score (nSPS) is 11.5. The number of ether oxygens (including phenoxy) is 1. The summed E-state index contributed by atoms with van der Waals surface area (Å²) >= 11 is 3.17. The molecule has 0 aliphatic carbocycles. The van der Waals surface area contributed by atoms with Gasteiger partial charge in [-0.15, -0.1) is 0 Å². The van der Waals surface area contributed by atoms with Crippen molar-refractivity contribution in [3.8, 4) is 11.5 Å². The zero-order chi connectivity index (χ0) is 15.6. The molecule has 2 aromatic carbocycles. The molecule has 2 rings (SSSR count). The molecule has 0 N–H and O–H groups in total. The molecule has 0 bridgehead atoms. The van der Waals surface area contributed by atoms with Crippen LogP contribution in [0.1, 0.15) is 31.9 Å². The summed E-state index contributed by atoms with van der Waals surface area (Å²) in [7, 11) is 0. The van der Waals surface area contributed by atoms with Crippen molar-refractivity contribution >= 4 is 15.9 Å². The third kappa shape index (κ3) is 3.82. The first-order chi connectivity index (χ1) is 9.81. The maximum Gasteiger partial charge on any atom is 0.198 e. The van der Waals surface area contributed by atoms with E-state index in [0.717, 1.165) is 5.56 Å². The van der Waals surface area contributed by atoms with Crippen LogP contribution in [-0.2, 0) is 10.7 Å². The predicted octanol–water partition coefficient (Wildman–Crippen LogP) is 5.95. The van der Waals surface area contributed by atoms with Crippen molar-refractivity contribution in [3.63, 3.8) is 0 Å². The van der Waals surface area contributed by atoms with Gasteiger partial charge in [-0.1, -0.05) is 48.8 Å². The van der Waals surface area contributed by atoms with E-state index in [4.69, 9.17) is 4.74 Å². The van der Waals surface area contributed by atoms with Gasteiger partial charge < -0.3 is 4.74 Å². The molecule has 0 saturated carbocycles. The Bertz CT molecular complexity index is 624. The minimum Gasteiger partial charge on any atom is -0.451 e.